The standard InChI is InChI=1S/C13H16BrN3O/c1-17-7-5-11(16-17)9-18-12-2-3-13(14)10(8-12)4-6-15/h2-3,5,7-8H,4,6,9,15H2,1H3. The van der Waals surface area contributed by atoms with Crippen molar-refractivity contribution in [2.45, 2.75) is 13.0 Å². The normalized spacial score (nSPS) is 10.6. The summed E-state index contributed by atoms with van der Waals surface area (Å²) in [6, 6.07) is 7.88. The van der Waals surface area contributed by atoms with Gasteiger partial charge in [-0.2, -0.15) is 5.10 Å². The molecule has 1 aromatic heterocycles. The van der Waals surface area contributed by atoms with Crippen LogP contribution in [0.5, 0.6) is 5.75 Å². The fraction of sp³-hybridized carbons (Fsp3) is 0.308. The molecule has 0 radical (unpaired) electrons. The van der Waals surface area contributed by atoms with Gasteiger partial charge >= 0.3 is 0 Å². The zero-order valence-electron chi connectivity index (χ0n) is 10.3. The Hall–Kier alpha value is -1.33. The quantitative estimate of drug-likeness (QED) is 0.921. The molecule has 1 aromatic carbocycles. The molecule has 1 heterocycles. The molecule has 0 unspecified atom stereocenters. The van der Waals surface area contributed by atoms with Crippen molar-refractivity contribution in [3.05, 3.63) is 46.2 Å². The summed E-state index contributed by atoms with van der Waals surface area (Å²) in [4.78, 5) is 0. The molecule has 4 nitrogen and oxygen atoms in total. The number of aryl methyl sites for hydroxylation is 1. The van der Waals surface area contributed by atoms with Crippen LogP contribution in [0, 0.1) is 0 Å². The molecule has 18 heavy (non-hydrogen) atoms. The van der Waals surface area contributed by atoms with Crippen LogP contribution in [-0.2, 0) is 20.1 Å². The lowest BCUT2D eigenvalue weighted by atomic mass is 10.1. The van der Waals surface area contributed by atoms with Crippen molar-refractivity contribution in [2.24, 2.45) is 12.8 Å². The first-order chi connectivity index (χ1) is 8.69. The number of rotatable bonds is 5. The van der Waals surface area contributed by atoms with E-state index in [4.69, 9.17) is 10.5 Å². The van der Waals surface area contributed by atoms with Crippen LogP contribution in [0.4, 0.5) is 0 Å². The molecule has 0 bridgehead atoms. The second-order valence-corrected chi connectivity index (χ2v) is 4.92. The first-order valence-electron chi connectivity index (χ1n) is 5.79. The lowest BCUT2D eigenvalue weighted by Gasteiger charge is -2.08. The van der Waals surface area contributed by atoms with Crippen molar-refractivity contribution in [1.29, 1.82) is 0 Å². The topological polar surface area (TPSA) is 53.1 Å². The van der Waals surface area contributed by atoms with Crippen LogP contribution in [0.2, 0.25) is 0 Å². The number of benzene rings is 1. The molecule has 0 amide bonds. The Labute approximate surface area is 115 Å². The third-order valence-electron chi connectivity index (χ3n) is 2.59. The van der Waals surface area contributed by atoms with E-state index in [9.17, 15) is 0 Å². The molecule has 0 aliphatic carbocycles. The van der Waals surface area contributed by atoms with Gasteiger partial charge in [-0.25, -0.2) is 0 Å². The number of hydrogen-bond donors (Lipinski definition) is 1. The Morgan fingerprint density at radius 2 is 2.22 bits per heavy atom. The highest BCUT2D eigenvalue weighted by atomic mass is 79.9. The first-order valence-corrected chi connectivity index (χ1v) is 6.58. The summed E-state index contributed by atoms with van der Waals surface area (Å²) in [5.41, 5.74) is 7.65. The Kier molecular flexibility index (Phi) is 4.38. The Balaban J connectivity index is 2.03. The van der Waals surface area contributed by atoms with Gasteiger partial charge in [-0.1, -0.05) is 15.9 Å². The van der Waals surface area contributed by atoms with Gasteiger partial charge in [-0.15, -0.1) is 0 Å². The van der Waals surface area contributed by atoms with Gasteiger partial charge in [0.2, 0.25) is 0 Å². The zero-order chi connectivity index (χ0) is 13.0. The van der Waals surface area contributed by atoms with E-state index in [1.807, 2.05) is 37.5 Å². The molecular formula is C13H16BrN3O. The minimum Gasteiger partial charge on any atom is -0.487 e. The lowest BCUT2D eigenvalue weighted by Crippen LogP contribution is -2.04. The monoisotopic (exact) mass is 309 g/mol. The summed E-state index contributed by atoms with van der Waals surface area (Å²) in [5.74, 6) is 0.840. The third-order valence-corrected chi connectivity index (χ3v) is 3.36. The summed E-state index contributed by atoms with van der Waals surface area (Å²) in [6.07, 6.45) is 2.74. The van der Waals surface area contributed by atoms with E-state index in [-0.39, 0.29) is 0 Å². The second kappa shape index (κ2) is 6.02. The fourth-order valence-corrected chi connectivity index (χ4v) is 2.13. The van der Waals surface area contributed by atoms with E-state index in [0.717, 1.165) is 27.9 Å². The van der Waals surface area contributed by atoms with E-state index in [2.05, 4.69) is 21.0 Å². The fourth-order valence-electron chi connectivity index (χ4n) is 1.69. The molecule has 0 saturated heterocycles. The van der Waals surface area contributed by atoms with Crippen molar-refractivity contribution in [3.8, 4) is 5.75 Å². The van der Waals surface area contributed by atoms with E-state index in [1.54, 1.807) is 4.68 Å². The number of hydrogen-bond acceptors (Lipinski definition) is 3. The summed E-state index contributed by atoms with van der Waals surface area (Å²) < 4.78 is 8.54. The van der Waals surface area contributed by atoms with Crippen molar-refractivity contribution in [1.82, 2.24) is 9.78 Å². The van der Waals surface area contributed by atoms with Gasteiger partial charge < -0.3 is 10.5 Å². The average Bonchev–Trinajstić information content (AvgIpc) is 2.76. The molecule has 0 atom stereocenters. The van der Waals surface area contributed by atoms with Gasteiger partial charge in [0.25, 0.3) is 0 Å². The van der Waals surface area contributed by atoms with Crippen molar-refractivity contribution in [2.75, 3.05) is 6.54 Å². The highest BCUT2D eigenvalue weighted by molar-refractivity contribution is 9.10. The van der Waals surface area contributed by atoms with Crippen LogP contribution in [0.15, 0.2) is 34.9 Å². The number of ether oxygens (including phenoxy) is 1. The lowest BCUT2D eigenvalue weighted by molar-refractivity contribution is 0.299. The van der Waals surface area contributed by atoms with E-state index in [0.29, 0.717) is 13.2 Å². The predicted octanol–water partition coefficient (Wildman–Crippen LogP) is 2.26. The SMILES string of the molecule is Cn1ccc(COc2ccc(Br)c(CCN)c2)n1. The molecular weight excluding hydrogens is 294 g/mol. The van der Waals surface area contributed by atoms with Gasteiger partial charge in [-0.3, -0.25) is 4.68 Å². The highest BCUT2D eigenvalue weighted by Gasteiger charge is 2.03. The number of nitrogens with zero attached hydrogens (tertiary/aromatic N) is 2. The van der Waals surface area contributed by atoms with Gasteiger partial charge in [0.1, 0.15) is 12.4 Å². The van der Waals surface area contributed by atoms with E-state index >= 15 is 0 Å². The predicted molar refractivity (Wildman–Crippen MR) is 74.4 cm³/mol. The van der Waals surface area contributed by atoms with Crippen LogP contribution >= 0.6 is 15.9 Å². The average molecular weight is 310 g/mol. The molecule has 0 fully saturated rings. The van der Waals surface area contributed by atoms with E-state index in [1.165, 1.54) is 0 Å². The van der Waals surface area contributed by atoms with Crippen LogP contribution in [0.1, 0.15) is 11.3 Å². The molecule has 0 aliphatic heterocycles. The summed E-state index contributed by atoms with van der Waals surface area (Å²) in [7, 11) is 1.89. The summed E-state index contributed by atoms with van der Waals surface area (Å²) >= 11 is 3.50. The third kappa shape index (κ3) is 3.34. The molecule has 2 rings (SSSR count). The van der Waals surface area contributed by atoms with E-state index < -0.39 is 0 Å². The highest BCUT2D eigenvalue weighted by Crippen LogP contribution is 2.23. The maximum Gasteiger partial charge on any atom is 0.132 e. The minimum atomic E-state index is 0.477. The molecule has 0 saturated carbocycles. The number of nitrogens with two attached hydrogens (primary N) is 1. The first kappa shape index (κ1) is 13.1. The van der Waals surface area contributed by atoms with Crippen LogP contribution in [0.3, 0.4) is 0 Å². The zero-order valence-corrected chi connectivity index (χ0v) is 11.9. The summed E-state index contributed by atoms with van der Waals surface area (Å²) in [6.45, 7) is 1.10. The molecule has 0 aliphatic rings. The van der Waals surface area contributed by atoms with Crippen LogP contribution < -0.4 is 10.5 Å². The number of halogens is 1. The maximum atomic E-state index is 5.71. The van der Waals surface area contributed by atoms with Gasteiger partial charge in [0.15, 0.2) is 0 Å². The Morgan fingerprint density at radius 1 is 1.39 bits per heavy atom. The van der Waals surface area contributed by atoms with Crippen LogP contribution in [0.25, 0.3) is 0 Å². The van der Waals surface area contributed by atoms with Gasteiger partial charge in [0, 0.05) is 17.7 Å². The Morgan fingerprint density at radius 3 is 2.89 bits per heavy atom. The second-order valence-electron chi connectivity index (χ2n) is 4.06. The molecule has 96 valence electrons. The smallest absolute Gasteiger partial charge is 0.132 e. The largest absolute Gasteiger partial charge is 0.487 e. The molecule has 5 heteroatoms. The Bertz CT molecular complexity index is 525. The van der Waals surface area contributed by atoms with Crippen molar-refractivity contribution in [3.63, 3.8) is 0 Å². The molecule has 2 N–H and O–H groups in total. The number of aromatic nitrogens is 2. The van der Waals surface area contributed by atoms with Crippen molar-refractivity contribution < 1.29 is 4.74 Å². The minimum absolute atomic E-state index is 0.477. The van der Waals surface area contributed by atoms with Gasteiger partial charge in [0.05, 0.1) is 5.69 Å². The molecule has 2 aromatic rings. The molecule has 0 spiro atoms. The van der Waals surface area contributed by atoms with Crippen LogP contribution in [-0.4, -0.2) is 16.3 Å². The van der Waals surface area contributed by atoms with Gasteiger partial charge in [-0.05, 0) is 42.8 Å². The maximum absolute atomic E-state index is 5.71. The van der Waals surface area contributed by atoms with Crippen molar-refractivity contribution >= 4 is 15.9 Å². The summed E-state index contributed by atoms with van der Waals surface area (Å²) in [5, 5.41) is 4.26.